The number of aliphatic carboxylic acids is 1. The first kappa shape index (κ1) is 19.8. The van der Waals surface area contributed by atoms with E-state index in [0.29, 0.717) is 18.1 Å². The Labute approximate surface area is 185 Å². The molecule has 6 nitrogen and oxygen atoms in total. The number of anilines is 1. The molecule has 0 amide bonds. The second kappa shape index (κ2) is 7.87. The van der Waals surface area contributed by atoms with Gasteiger partial charge >= 0.3 is 5.97 Å². The number of carboxylic acids is 1. The number of carboxylic acid groups (broad SMARTS) is 1. The van der Waals surface area contributed by atoms with E-state index < -0.39 is 12.0 Å². The maximum absolute atomic E-state index is 12.3. The normalized spacial score (nSPS) is 16.1. The molecular weight excluding hydrogens is 412 g/mol. The number of hydrogen-bond acceptors (Lipinski definition) is 4. The summed E-state index contributed by atoms with van der Waals surface area (Å²) in [6.07, 6.45) is 1.79. The molecule has 4 aromatic rings. The Morgan fingerprint density at radius 3 is 2.65 bits per heavy atom. The van der Waals surface area contributed by atoms with Crippen molar-refractivity contribution in [3.63, 3.8) is 0 Å². The number of pyridine rings is 1. The zero-order valence-electron chi connectivity index (χ0n) is 17.2. The molecule has 0 unspecified atom stereocenters. The highest BCUT2D eigenvalue weighted by atomic mass is 35.5. The number of aromatic amines is 1. The summed E-state index contributed by atoms with van der Waals surface area (Å²) in [5.41, 5.74) is 3.82. The number of halogens is 1. The lowest BCUT2D eigenvalue weighted by Gasteiger charge is -2.38. The van der Waals surface area contributed by atoms with Gasteiger partial charge in [0.1, 0.15) is 11.9 Å². The fourth-order valence-electron chi connectivity index (χ4n) is 4.53. The Hall–Kier alpha value is -3.09. The standard InChI is InChI=1S/C24H23ClN4O2/c1-15-12-22(27-21-5-3-2-4-17(15)21)28-8-10-29(11-9-28)23(24(30)31)19-14-26-20-7-6-16(25)13-18(19)20/h2-7,12-14,23,26H,8-11H2,1H3,(H,30,31)/t23-/m1/s1. The van der Waals surface area contributed by atoms with Crippen LogP contribution in [0.5, 0.6) is 0 Å². The van der Waals surface area contributed by atoms with Crippen LogP contribution in [0.4, 0.5) is 5.82 Å². The van der Waals surface area contributed by atoms with Gasteiger partial charge in [0.25, 0.3) is 0 Å². The second-order valence-corrected chi connectivity index (χ2v) is 8.45. The summed E-state index contributed by atoms with van der Waals surface area (Å²) >= 11 is 6.17. The minimum absolute atomic E-state index is 0.597. The smallest absolute Gasteiger partial charge is 0.325 e. The molecule has 0 saturated carbocycles. The molecule has 0 bridgehead atoms. The number of piperazine rings is 1. The maximum atomic E-state index is 12.3. The Morgan fingerprint density at radius 2 is 1.87 bits per heavy atom. The summed E-state index contributed by atoms with van der Waals surface area (Å²) in [7, 11) is 0. The van der Waals surface area contributed by atoms with E-state index in [9.17, 15) is 9.90 Å². The van der Waals surface area contributed by atoms with E-state index in [1.807, 2.05) is 35.2 Å². The average Bonchev–Trinajstić information content (AvgIpc) is 3.17. The van der Waals surface area contributed by atoms with Crippen molar-refractivity contribution in [2.24, 2.45) is 0 Å². The first-order valence-corrected chi connectivity index (χ1v) is 10.7. The van der Waals surface area contributed by atoms with Crippen LogP contribution in [-0.4, -0.2) is 52.1 Å². The fraction of sp³-hybridized carbons (Fsp3) is 0.250. The molecule has 0 spiro atoms. The summed E-state index contributed by atoms with van der Waals surface area (Å²) in [5.74, 6) is 0.0931. The van der Waals surface area contributed by atoms with Gasteiger partial charge < -0.3 is 15.0 Å². The topological polar surface area (TPSA) is 72.5 Å². The van der Waals surface area contributed by atoms with E-state index in [1.54, 1.807) is 12.3 Å². The van der Waals surface area contributed by atoms with Crippen molar-refractivity contribution in [3.8, 4) is 0 Å². The number of carbonyl (C=O) groups is 1. The molecule has 3 heterocycles. The van der Waals surface area contributed by atoms with E-state index in [-0.39, 0.29) is 0 Å². The van der Waals surface area contributed by atoms with Crippen molar-refractivity contribution in [2.75, 3.05) is 31.1 Å². The Kier molecular flexibility index (Phi) is 5.04. The van der Waals surface area contributed by atoms with Crippen molar-refractivity contribution in [3.05, 3.63) is 70.9 Å². The number of nitrogens with one attached hydrogen (secondary N) is 1. The molecule has 1 aliphatic heterocycles. The van der Waals surface area contributed by atoms with Gasteiger partial charge in [-0.25, -0.2) is 4.98 Å². The third-order valence-corrected chi connectivity index (χ3v) is 6.35. The van der Waals surface area contributed by atoms with Crippen molar-refractivity contribution >= 4 is 45.2 Å². The fourth-order valence-corrected chi connectivity index (χ4v) is 4.70. The third-order valence-electron chi connectivity index (χ3n) is 6.12. The Bertz CT molecular complexity index is 1280. The number of nitrogens with zero attached hydrogens (tertiary/aromatic N) is 3. The molecule has 0 aliphatic carbocycles. The minimum Gasteiger partial charge on any atom is -0.480 e. The van der Waals surface area contributed by atoms with Crippen LogP contribution in [-0.2, 0) is 4.79 Å². The van der Waals surface area contributed by atoms with Gasteiger partial charge in [-0.1, -0.05) is 29.8 Å². The first-order valence-electron chi connectivity index (χ1n) is 10.4. The van der Waals surface area contributed by atoms with Gasteiger partial charge in [0, 0.05) is 59.3 Å². The van der Waals surface area contributed by atoms with Crippen LogP contribution < -0.4 is 4.90 Å². The van der Waals surface area contributed by atoms with Crippen molar-refractivity contribution in [1.29, 1.82) is 0 Å². The van der Waals surface area contributed by atoms with Crippen LogP contribution in [0.2, 0.25) is 5.02 Å². The van der Waals surface area contributed by atoms with Crippen LogP contribution in [0.1, 0.15) is 17.2 Å². The number of fused-ring (bicyclic) bond motifs is 2. The summed E-state index contributed by atoms with van der Waals surface area (Å²) < 4.78 is 0. The highest BCUT2D eigenvalue weighted by Crippen LogP contribution is 2.32. The van der Waals surface area contributed by atoms with Crippen molar-refractivity contribution < 1.29 is 9.90 Å². The molecule has 7 heteroatoms. The SMILES string of the molecule is Cc1cc(N2CCN([C@@H](C(=O)O)c3c[nH]c4ccc(Cl)cc34)CC2)nc2ccccc12. The van der Waals surface area contributed by atoms with Gasteiger partial charge in [0.2, 0.25) is 0 Å². The molecule has 5 rings (SSSR count). The molecule has 2 N–H and O–H groups in total. The highest BCUT2D eigenvalue weighted by Gasteiger charge is 2.32. The summed E-state index contributed by atoms with van der Waals surface area (Å²) in [5, 5.41) is 12.7. The van der Waals surface area contributed by atoms with Crippen molar-refractivity contribution in [1.82, 2.24) is 14.9 Å². The third kappa shape index (κ3) is 3.62. The van der Waals surface area contributed by atoms with Crippen LogP contribution in [0.15, 0.2) is 54.7 Å². The molecule has 2 aromatic heterocycles. The monoisotopic (exact) mass is 434 g/mol. The zero-order chi connectivity index (χ0) is 21.5. The Morgan fingerprint density at radius 1 is 1.10 bits per heavy atom. The second-order valence-electron chi connectivity index (χ2n) is 8.01. The Balaban J connectivity index is 1.39. The summed E-state index contributed by atoms with van der Waals surface area (Å²) in [4.78, 5) is 24.5. The summed E-state index contributed by atoms with van der Waals surface area (Å²) in [6.45, 7) is 4.82. The van der Waals surface area contributed by atoms with Gasteiger partial charge in [-0.05, 0) is 42.8 Å². The molecule has 31 heavy (non-hydrogen) atoms. The molecule has 1 aliphatic rings. The van der Waals surface area contributed by atoms with Gasteiger partial charge in [-0.15, -0.1) is 0 Å². The highest BCUT2D eigenvalue weighted by molar-refractivity contribution is 6.31. The molecule has 1 fully saturated rings. The molecule has 158 valence electrons. The van der Waals surface area contributed by atoms with Gasteiger partial charge in [0.05, 0.1) is 5.52 Å². The summed E-state index contributed by atoms with van der Waals surface area (Å²) in [6, 6.07) is 15.1. The predicted octanol–water partition coefficient (Wildman–Crippen LogP) is 4.63. The maximum Gasteiger partial charge on any atom is 0.325 e. The van der Waals surface area contributed by atoms with Crippen LogP contribution >= 0.6 is 11.6 Å². The van der Waals surface area contributed by atoms with Crippen LogP contribution in [0.3, 0.4) is 0 Å². The number of hydrogen-bond donors (Lipinski definition) is 2. The van der Waals surface area contributed by atoms with Gasteiger partial charge in [-0.3, -0.25) is 9.69 Å². The van der Waals surface area contributed by atoms with E-state index in [2.05, 4.69) is 28.9 Å². The van der Waals surface area contributed by atoms with E-state index in [4.69, 9.17) is 16.6 Å². The number of rotatable bonds is 4. The number of aryl methyl sites for hydroxylation is 1. The van der Waals surface area contributed by atoms with Gasteiger partial charge in [-0.2, -0.15) is 0 Å². The first-order chi connectivity index (χ1) is 15.0. The lowest BCUT2D eigenvalue weighted by Crippen LogP contribution is -2.49. The van der Waals surface area contributed by atoms with E-state index >= 15 is 0 Å². The zero-order valence-corrected chi connectivity index (χ0v) is 17.9. The predicted molar refractivity (Wildman–Crippen MR) is 124 cm³/mol. The molecule has 1 atom stereocenters. The van der Waals surface area contributed by atoms with Crippen molar-refractivity contribution in [2.45, 2.75) is 13.0 Å². The van der Waals surface area contributed by atoms with E-state index in [1.165, 1.54) is 5.56 Å². The minimum atomic E-state index is -0.853. The number of para-hydroxylation sites is 1. The molecule has 1 saturated heterocycles. The average molecular weight is 435 g/mol. The number of benzene rings is 2. The van der Waals surface area contributed by atoms with Gasteiger partial charge in [0.15, 0.2) is 0 Å². The number of H-pyrrole nitrogens is 1. The lowest BCUT2D eigenvalue weighted by atomic mass is 10.0. The van der Waals surface area contributed by atoms with E-state index in [0.717, 1.165) is 46.3 Å². The molecule has 2 aromatic carbocycles. The quantitative estimate of drug-likeness (QED) is 0.490. The largest absolute Gasteiger partial charge is 0.480 e. The van der Waals surface area contributed by atoms with Crippen LogP contribution in [0, 0.1) is 6.92 Å². The number of aromatic nitrogens is 2. The molecule has 0 radical (unpaired) electrons. The molecular formula is C24H23ClN4O2. The van der Waals surface area contributed by atoms with Crippen LogP contribution in [0.25, 0.3) is 21.8 Å². The lowest BCUT2D eigenvalue weighted by molar-refractivity contribution is -0.143.